The highest BCUT2D eigenvalue weighted by atomic mass is 19.4. The minimum absolute atomic E-state index is 0.172. The van der Waals surface area contributed by atoms with Crippen molar-refractivity contribution in [3.63, 3.8) is 0 Å². The van der Waals surface area contributed by atoms with Gasteiger partial charge in [0.15, 0.2) is 0 Å². The molecule has 0 spiro atoms. The van der Waals surface area contributed by atoms with Gasteiger partial charge in [0, 0.05) is 18.1 Å². The Morgan fingerprint density at radius 2 is 1.82 bits per heavy atom. The Labute approximate surface area is 95.4 Å². The molecule has 0 aromatic carbocycles. The second-order valence-corrected chi connectivity index (χ2v) is 3.47. The van der Waals surface area contributed by atoms with Gasteiger partial charge < -0.3 is 0 Å². The van der Waals surface area contributed by atoms with Gasteiger partial charge in [-0.15, -0.1) is 0 Å². The van der Waals surface area contributed by atoms with Crippen molar-refractivity contribution in [2.24, 2.45) is 0 Å². The Kier molecular flexibility index (Phi) is 2.79. The Hall–Kier alpha value is -1.98. The quantitative estimate of drug-likeness (QED) is 0.768. The summed E-state index contributed by atoms with van der Waals surface area (Å²) in [6.07, 6.45) is -0.150. The van der Waals surface area contributed by atoms with Gasteiger partial charge in [0.1, 0.15) is 5.69 Å². The SMILES string of the molecule is Cc1cc(C(F)(F)F)cc(-c2cnccn2)n1. The molecule has 2 heterocycles. The van der Waals surface area contributed by atoms with Gasteiger partial charge in [-0.25, -0.2) is 0 Å². The van der Waals surface area contributed by atoms with Gasteiger partial charge in [-0.05, 0) is 19.1 Å². The maximum atomic E-state index is 12.6. The van der Waals surface area contributed by atoms with E-state index in [4.69, 9.17) is 0 Å². The number of aryl methyl sites for hydroxylation is 1. The minimum atomic E-state index is -4.38. The first-order valence-electron chi connectivity index (χ1n) is 4.79. The number of aromatic nitrogens is 3. The lowest BCUT2D eigenvalue weighted by Crippen LogP contribution is -2.06. The molecule has 88 valence electrons. The molecule has 17 heavy (non-hydrogen) atoms. The molecular weight excluding hydrogens is 231 g/mol. The van der Waals surface area contributed by atoms with Crippen molar-refractivity contribution in [2.45, 2.75) is 13.1 Å². The van der Waals surface area contributed by atoms with Crippen molar-refractivity contribution in [3.8, 4) is 11.4 Å². The maximum Gasteiger partial charge on any atom is 0.416 e. The fourth-order valence-electron chi connectivity index (χ4n) is 1.39. The summed E-state index contributed by atoms with van der Waals surface area (Å²) in [5.41, 5.74) is 0.0539. The van der Waals surface area contributed by atoms with Crippen molar-refractivity contribution in [2.75, 3.05) is 0 Å². The topological polar surface area (TPSA) is 38.7 Å². The van der Waals surface area contributed by atoms with Crippen molar-refractivity contribution in [3.05, 3.63) is 42.0 Å². The third kappa shape index (κ3) is 2.58. The molecule has 6 heteroatoms. The van der Waals surface area contributed by atoms with Crippen LogP contribution in [-0.4, -0.2) is 15.0 Å². The number of alkyl halides is 3. The van der Waals surface area contributed by atoms with Gasteiger partial charge in [-0.2, -0.15) is 13.2 Å². The zero-order valence-corrected chi connectivity index (χ0v) is 8.86. The summed E-state index contributed by atoms with van der Waals surface area (Å²) in [6.45, 7) is 1.51. The van der Waals surface area contributed by atoms with E-state index in [1.54, 1.807) is 0 Å². The first-order valence-corrected chi connectivity index (χ1v) is 4.79. The van der Waals surface area contributed by atoms with Crippen LogP contribution in [-0.2, 0) is 6.18 Å². The summed E-state index contributed by atoms with van der Waals surface area (Å²) in [5, 5.41) is 0. The molecule has 0 amide bonds. The Morgan fingerprint density at radius 3 is 2.41 bits per heavy atom. The molecule has 3 nitrogen and oxygen atoms in total. The van der Waals surface area contributed by atoms with Crippen LogP contribution in [0.2, 0.25) is 0 Å². The van der Waals surface area contributed by atoms with Crippen LogP contribution in [0, 0.1) is 6.92 Å². The van der Waals surface area contributed by atoms with Crippen molar-refractivity contribution < 1.29 is 13.2 Å². The molecule has 0 saturated heterocycles. The number of pyridine rings is 1. The van der Waals surface area contributed by atoms with Gasteiger partial charge in [-0.1, -0.05) is 0 Å². The van der Waals surface area contributed by atoms with Crippen LogP contribution in [0.3, 0.4) is 0 Å². The zero-order valence-electron chi connectivity index (χ0n) is 8.86. The van der Waals surface area contributed by atoms with E-state index in [0.717, 1.165) is 12.1 Å². The van der Waals surface area contributed by atoms with Crippen molar-refractivity contribution >= 4 is 0 Å². The monoisotopic (exact) mass is 239 g/mol. The van der Waals surface area contributed by atoms with Crippen LogP contribution in [0.5, 0.6) is 0 Å². The predicted molar refractivity (Wildman–Crippen MR) is 55.0 cm³/mol. The molecule has 0 bridgehead atoms. The van der Waals surface area contributed by atoms with E-state index in [9.17, 15) is 13.2 Å². The summed E-state index contributed by atoms with van der Waals surface area (Å²) in [4.78, 5) is 11.7. The van der Waals surface area contributed by atoms with Crippen LogP contribution in [0.25, 0.3) is 11.4 Å². The third-order valence-electron chi connectivity index (χ3n) is 2.11. The molecule has 0 aliphatic heterocycles. The van der Waals surface area contributed by atoms with Crippen LogP contribution in [0.15, 0.2) is 30.7 Å². The minimum Gasteiger partial charge on any atom is -0.261 e. The van der Waals surface area contributed by atoms with E-state index in [2.05, 4.69) is 15.0 Å². The fourth-order valence-corrected chi connectivity index (χ4v) is 1.39. The first kappa shape index (κ1) is 11.5. The fraction of sp³-hybridized carbons (Fsp3) is 0.182. The molecule has 0 aliphatic carbocycles. The van der Waals surface area contributed by atoms with Gasteiger partial charge in [-0.3, -0.25) is 15.0 Å². The van der Waals surface area contributed by atoms with E-state index in [-0.39, 0.29) is 5.69 Å². The molecule has 0 saturated carbocycles. The largest absolute Gasteiger partial charge is 0.416 e. The van der Waals surface area contributed by atoms with Crippen LogP contribution >= 0.6 is 0 Å². The normalized spacial score (nSPS) is 11.5. The molecule has 0 atom stereocenters. The maximum absolute atomic E-state index is 12.6. The number of hydrogen-bond acceptors (Lipinski definition) is 3. The van der Waals surface area contributed by atoms with Gasteiger partial charge in [0.25, 0.3) is 0 Å². The first-order chi connectivity index (χ1) is 7.97. The Bertz CT molecular complexity index is 523. The lowest BCUT2D eigenvalue weighted by molar-refractivity contribution is -0.137. The second-order valence-electron chi connectivity index (χ2n) is 3.47. The molecule has 0 fully saturated rings. The number of hydrogen-bond donors (Lipinski definition) is 0. The number of halogens is 3. The summed E-state index contributed by atoms with van der Waals surface area (Å²) < 4.78 is 37.8. The summed E-state index contributed by atoms with van der Waals surface area (Å²) in [6, 6.07) is 1.97. The number of rotatable bonds is 1. The summed E-state index contributed by atoms with van der Waals surface area (Å²) in [7, 11) is 0. The van der Waals surface area contributed by atoms with E-state index in [0.29, 0.717) is 11.4 Å². The van der Waals surface area contributed by atoms with E-state index in [1.807, 2.05) is 0 Å². The van der Waals surface area contributed by atoms with E-state index >= 15 is 0 Å². The molecule has 0 unspecified atom stereocenters. The highest BCUT2D eigenvalue weighted by Crippen LogP contribution is 2.31. The average molecular weight is 239 g/mol. The number of nitrogens with zero attached hydrogens (tertiary/aromatic N) is 3. The highest BCUT2D eigenvalue weighted by molar-refractivity contribution is 5.54. The van der Waals surface area contributed by atoms with E-state index in [1.165, 1.54) is 25.5 Å². The van der Waals surface area contributed by atoms with Gasteiger partial charge >= 0.3 is 6.18 Å². The molecule has 0 N–H and O–H groups in total. The Morgan fingerprint density at radius 1 is 1.06 bits per heavy atom. The van der Waals surface area contributed by atoms with E-state index < -0.39 is 11.7 Å². The average Bonchev–Trinajstić information content (AvgIpc) is 2.28. The molecule has 2 aromatic heterocycles. The van der Waals surface area contributed by atoms with Crippen LogP contribution < -0.4 is 0 Å². The predicted octanol–water partition coefficient (Wildman–Crippen LogP) is 2.87. The van der Waals surface area contributed by atoms with Crippen LogP contribution in [0.1, 0.15) is 11.3 Å². The van der Waals surface area contributed by atoms with Gasteiger partial charge in [0.05, 0.1) is 17.5 Å². The van der Waals surface area contributed by atoms with Crippen molar-refractivity contribution in [1.82, 2.24) is 15.0 Å². The second kappa shape index (κ2) is 4.12. The molecule has 2 aromatic rings. The molecule has 2 rings (SSSR count). The molecule has 0 aliphatic rings. The smallest absolute Gasteiger partial charge is 0.261 e. The highest BCUT2D eigenvalue weighted by Gasteiger charge is 2.31. The third-order valence-corrected chi connectivity index (χ3v) is 2.11. The summed E-state index contributed by atoms with van der Waals surface area (Å²) in [5.74, 6) is 0. The Balaban J connectivity index is 2.54. The zero-order chi connectivity index (χ0) is 12.5. The standard InChI is InChI=1S/C11H8F3N3/c1-7-4-8(11(12,13)14)5-9(17-7)10-6-15-2-3-16-10/h2-6H,1H3. The molecule has 0 radical (unpaired) electrons. The lowest BCUT2D eigenvalue weighted by Gasteiger charge is -2.09. The van der Waals surface area contributed by atoms with Gasteiger partial charge in [0.2, 0.25) is 0 Å². The molecular formula is C11H8F3N3. The lowest BCUT2D eigenvalue weighted by atomic mass is 10.1. The van der Waals surface area contributed by atoms with Crippen molar-refractivity contribution in [1.29, 1.82) is 0 Å². The van der Waals surface area contributed by atoms with Crippen LogP contribution in [0.4, 0.5) is 13.2 Å². The summed E-state index contributed by atoms with van der Waals surface area (Å²) >= 11 is 0.